The first-order chi connectivity index (χ1) is 14.2. The number of hydrogen-bond donors (Lipinski definition) is 7. The maximum Gasteiger partial charge on any atom is 0.407 e. The quantitative estimate of drug-likeness (QED) is 0.115. The summed E-state index contributed by atoms with van der Waals surface area (Å²) in [5.74, 6) is -1.25. The fourth-order valence-electron chi connectivity index (χ4n) is 1.90. The molecular weight excluding hydrogens is 416 g/mol. The van der Waals surface area contributed by atoms with Gasteiger partial charge in [-0.05, 0) is 19.3 Å². The van der Waals surface area contributed by atoms with Gasteiger partial charge in [0, 0.05) is 19.4 Å². The standard InChI is InChI=1S/C14H28N4O12/c19-12(20)11(16-14(22)28-8-4-10-30-18(25)26)5-1-2-6-15-13(21)27-7-3-9-29-17(23)24/h11,23-26H,1-10H2,(H,15,21)(H,16,22)(H,19,20). The number of alkyl carbamates (subject to hydrolysis) is 2. The molecule has 0 heterocycles. The van der Waals surface area contributed by atoms with Crippen LogP contribution in [0.15, 0.2) is 0 Å². The fourth-order valence-corrected chi connectivity index (χ4v) is 1.90. The Morgan fingerprint density at radius 2 is 1.30 bits per heavy atom. The lowest BCUT2D eigenvalue weighted by Gasteiger charge is -2.14. The molecule has 0 bridgehead atoms. The number of aliphatic carboxylic acids is 1. The monoisotopic (exact) mass is 444 g/mol. The minimum atomic E-state index is -1.25. The molecule has 0 aromatic heterocycles. The highest BCUT2D eigenvalue weighted by Gasteiger charge is 2.20. The molecule has 2 amide bonds. The maximum atomic E-state index is 11.6. The summed E-state index contributed by atoms with van der Waals surface area (Å²) in [7, 11) is 0. The molecule has 16 nitrogen and oxygen atoms in total. The second kappa shape index (κ2) is 17.5. The van der Waals surface area contributed by atoms with Gasteiger partial charge in [-0.25, -0.2) is 14.4 Å². The van der Waals surface area contributed by atoms with Crippen molar-refractivity contribution >= 4 is 18.2 Å². The van der Waals surface area contributed by atoms with Crippen LogP contribution in [0.3, 0.4) is 0 Å². The summed E-state index contributed by atoms with van der Waals surface area (Å²) in [5.41, 5.74) is 0. The van der Waals surface area contributed by atoms with Crippen molar-refractivity contribution in [3.8, 4) is 0 Å². The molecule has 0 aromatic rings. The Bertz CT molecular complexity index is 494. The molecule has 7 N–H and O–H groups in total. The number of carboxylic acids is 1. The van der Waals surface area contributed by atoms with Crippen LogP contribution in [0.25, 0.3) is 0 Å². The lowest BCUT2D eigenvalue weighted by atomic mass is 10.1. The van der Waals surface area contributed by atoms with E-state index in [-0.39, 0.29) is 52.2 Å². The Kier molecular flexibility index (Phi) is 16.2. The van der Waals surface area contributed by atoms with E-state index in [2.05, 4.69) is 20.3 Å². The SMILES string of the molecule is O=C(NCCCCC(NC(=O)OCCCON(O)O)C(=O)O)OCCCON(O)O. The molecule has 0 aromatic carbocycles. The second-order valence-electron chi connectivity index (χ2n) is 5.61. The third-order valence-electron chi connectivity index (χ3n) is 3.24. The van der Waals surface area contributed by atoms with Crippen molar-refractivity contribution in [3.63, 3.8) is 0 Å². The van der Waals surface area contributed by atoms with Gasteiger partial charge < -0.3 is 25.2 Å². The first-order valence-corrected chi connectivity index (χ1v) is 8.90. The van der Waals surface area contributed by atoms with Crippen molar-refractivity contribution < 1.29 is 59.5 Å². The zero-order valence-corrected chi connectivity index (χ0v) is 16.1. The predicted octanol–water partition coefficient (Wildman–Crippen LogP) is -0.133. The Hall–Kier alpha value is -2.31. The van der Waals surface area contributed by atoms with Crippen LogP contribution in [-0.2, 0) is 23.9 Å². The van der Waals surface area contributed by atoms with E-state index >= 15 is 0 Å². The molecule has 1 unspecified atom stereocenters. The smallest absolute Gasteiger partial charge is 0.407 e. The third kappa shape index (κ3) is 17.8. The molecule has 0 spiro atoms. The third-order valence-corrected chi connectivity index (χ3v) is 3.24. The number of carbonyl (C=O) groups excluding carboxylic acids is 2. The van der Waals surface area contributed by atoms with E-state index in [4.69, 9.17) is 35.4 Å². The van der Waals surface area contributed by atoms with Crippen molar-refractivity contribution in [2.45, 2.75) is 38.1 Å². The van der Waals surface area contributed by atoms with Gasteiger partial charge in [0.1, 0.15) is 6.04 Å². The number of nitrogens with zero attached hydrogens (tertiary/aromatic N) is 2. The average Bonchev–Trinajstić information content (AvgIpc) is 2.65. The number of ether oxygens (including phenoxy) is 2. The summed E-state index contributed by atoms with van der Waals surface area (Å²) in [6.45, 7) is -0.0979. The molecule has 176 valence electrons. The Morgan fingerprint density at radius 3 is 1.80 bits per heavy atom. The van der Waals surface area contributed by atoms with E-state index in [1.165, 1.54) is 0 Å². The highest BCUT2D eigenvalue weighted by atomic mass is 17.1. The minimum absolute atomic E-state index is 0.00280. The molecule has 16 heteroatoms. The van der Waals surface area contributed by atoms with Gasteiger partial charge in [0.25, 0.3) is 0 Å². The zero-order valence-electron chi connectivity index (χ0n) is 16.1. The molecule has 0 radical (unpaired) electrons. The van der Waals surface area contributed by atoms with Gasteiger partial charge in [-0.15, -0.1) is 0 Å². The van der Waals surface area contributed by atoms with Crippen LogP contribution in [0.5, 0.6) is 0 Å². The van der Waals surface area contributed by atoms with Crippen LogP contribution in [0.1, 0.15) is 32.1 Å². The minimum Gasteiger partial charge on any atom is -0.480 e. The Morgan fingerprint density at radius 1 is 0.767 bits per heavy atom. The number of amides is 2. The molecule has 0 rings (SSSR count). The van der Waals surface area contributed by atoms with Crippen LogP contribution in [-0.4, -0.2) is 93.9 Å². The Labute approximate surface area is 171 Å². The lowest BCUT2D eigenvalue weighted by Crippen LogP contribution is -2.41. The van der Waals surface area contributed by atoms with Gasteiger partial charge in [0.15, 0.2) is 0 Å². The number of nitrogens with one attached hydrogen (secondary N) is 2. The number of carbonyl (C=O) groups is 3. The van der Waals surface area contributed by atoms with E-state index in [0.29, 0.717) is 12.8 Å². The molecule has 30 heavy (non-hydrogen) atoms. The molecule has 0 fully saturated rings. The van der Waals surface area contributed by atoms with E-state index in [0.717, 1.165) is 0 Å². The highest BCUT2D eigenvalue weighted by molar-refractivity contribution is 5.79. The van der Waals surface area contributed by atoms with E-state index in [1.54, 1.807) is 0 Å². The normalized spacial score (nSPS) is 11.9. The summed E-state index contributed by atoms with van der Waals surface area (Å²) in [6.07, 6.45) is -0.330. The van der Waals surface area contributed by atoms with Crippen molar-refractivity contribution in [3.05, 3.63) is 0 Å². The largest absolute Gasteiger partial charge is 0.480 e. The van der Waals surface area contributed by atoms with Gasteiger partial charge in [0.05, 0.1) is 37.2 Å². The molecule has 0 aliphatic heterocycles. The van der Waals surface area contributed by atoms with E-state index < -0.39 is 35.0 Å². The van der Waals surface area contributed by atoms with Gasteiger partial charge >= 0.3 is 18.2 Å². The van der Waals surface area contributed by atoms with Gasteiger partial charge in [-0.2, -0.15) is 0 Å². The number of unbranched alkanes of at least 4 members (excludes halogenated alkanes) is 1. The predicted molar refractivity (Wildman–Crippen MR) is 91.1 cm³/mol. The molecule has 0 saturated heterocycles. The van der Waals surface area contributed by atoms with Crippen LogP contribution in [0, 0.1) is 0 Å². The van der Waals surface area contributed by atoms with Crippen LogP contribution < -0.4 is 10.6 Å². The van der Waals surface area contributed by atoms with E-state index in [9.17, 15) is 14.4 Å². The summed E-state index contributed by atoms with van der Waals surface area (Å²) in [4.78, 5) is 42.6. The van der Waals surface area contributed by atoms with E-state index in [1.807, 2.05) is 0 Å². The maximum absolute atomic E-state index is 11.6. The molecule has 0 aliphatic rings. The summed E-state index contributed by atoms with van der Waals surface area (Å²) < 4.78 is 9.53. The van der Waals surface area contributed by atoms with Gasteiger partial charge in [0.2, 0.25) is 0 Å². The molecular formula is C14H28N4O12. The van der Waals surface area contributed by atoms with Crippen LogP contribution in [0.4, 0.5) is 9.59 Å². The second-order valence-corrected chi connectivity index (χ2v) is 5.61. The number of hydrogen-bond acceptors (Lipinski definition) is 13. The van der Waals surface area contributed by atoms with Gasteiger partial charge in [-0.1, -0.05) is 0 Å². The molecule has 0 saturated carbocycles. The van der Waals surface area contributed by atoms with Crippen LogP contribution in [0.2, 0.25) is 0 Å². The summed E-state index contributed by atoms with van der Waals surface area (Å²) >= 11 is 0. The summed E-state index contributed by atoms with van der Waals surface area (Å²) in [6, 6.07) is -1.18. The first-order valence-electron chi connectivity index (χ1n) is 8.90. The zero-order chi connectivity index (χ0) is 22.8. The van der Waals surface area contributed by atoms with Gasteiger partial charge in [-0.3, -0.25) is 30.5 Å². The molecule has 1 atom stereocenters. The number of carboxylic acid groups (broad SMARTS) is 1. The van der Waals surface area contributed by atoms with Crippen molar-refractivity contribution in [2.24, 2.45) is 0 Å². The van der Waals surface area contributed by atoms with Crippen LogP contribution >= 0.6 is 0 Å². The fraction of sp³-hybridized carbons (Fsp3) is 0.786. The van der Waals surface area contributed by atoms with Crippen molar-refractivity contribution in [2.75, 3.05) is 33.0 Å². The first kappa shape index (κ1) is 27.7. The lowest BCUT2D eigenvalue weighted by molar-refractivity contribution is -0.493. The molecule has 0 aliphatic carbocycles. The van der Waals surface area contributed by atoms with Crippen molar-refractivity contribution in [1.29, 1.82) is 0 Å². The topological polar surface area (TPSA) is 220 Å². The Balaban J connectivity index is 3.81. The average molecular weight is 444 g/mol. The van der Waals surface area contributed by atoms with Crippen molar-refractivity contribution in [1.82, 2.24) is 21.4 Å². The summed E-state index contributed by atoms with van der Waals surface area (Å²) in [5, 5.41) is 46.0. The number of rotatable bonds is 17. The highest BCUT2D eigenvalue weighted by Crippen LogP contribution is 2.02.